The Hall–Kier alpha value is -3.48. The quantitative estimate of drug-likeness (QED) is 0.330. The van der Waals surface area contributed by atoms with Crippen LogP contribution in [0.1, 0.15) is 21.6 Å². The van der Waals surface area contributed by atoms with Crippen LogP contribution in [0.4, 0.5) is 0 Å². The van der Waals surface area contributed by atoms with E-state index in [9.17, 15) is 9.90 Å². The summed E-state index contributed by atoms with van der Waals surface area (Å²) in [5.41, 5.74) is 6.58. The number of rotatable bonds is 4. The van der Waals surface area contributed by atoms with Crippen LogP contribution >= 0.6 is 22.9 Å². The van der Waals surface area contributed by atoms with Gasteiger partial charge in [-0.3, -0.25) is 0 Å². The minimum Gasteiger partial charge on any atom is -0.477 e. The Morgan fingerprint density at radius 2 is 1.82 bits per heavy atom. The number of hydrogen-bond donors (Lipinski definition) is 1. The number of hydrogen-bond acceptors (Lipinski definition) is 4. The molecule has 7 heteroatoms. The molecule has 3 heterocycles. The molecule has 0 saturated carbocycles. The third-order valence-electron chi connectivity index (χ3n) is 6.01. The number of benzene rings is 2. The highest BCUT2D eigenvalue weighted by Crippen LogP contribution is 2.31. The number of nitrogens with zero attached hydrogens (tertiary/aromatic N) is 3. The zero-order chi connectivity index (χ0) is 24.0. The van der Waals surface area contributed by atoms with Crippen LogP contribution in [0.25, 0.3) is 27.9 Å². The number of aromatic nitrogens is 3. The fourth-order valence-electron chi connectivity index (χ4n) is 4.46. The van der Waals surface area contributed by atoms with E-state index in [1.54, 1.807) is 21.4 Å². The molecule has 0 aliphatic heterocycles. The summed E-state index contributed by atoms with van der Waals surface area (Å²) in [4.78, 5) is 18.6. The highest BCUT2D eigenvalue weighted by atomic mass is 35.5. The average molecular weight is 489 g/mol. The molecule has 0 amide bonds. The Bertz CT molecular complexity index is 1620. The number of pyridine rings is 1. The average Bonchev–Trinajstić information content (AvgIpc) is 3.22. The van der Waals surface area contributed by atoms with Gasteiger partial charge in [-0.1, -0.05) is 53.6 Å². The minimum atomic E-state index is -0.271. The zero-order valence-corrected chi connectivity index (χ0v) is 20.6. The van der Waals surface area contributed by atoms with E-state index >= 15 is 0 Å². The van der Waals surface area contributed by atoms with Gasteiger partial charge in [0.2, 0.25) is 0 Å². The third-order valence-corrected chi connectivity index (χ3v) is 7.11. The molecular weight excluding hydrogens is 466 g/mol. The van der Waals surface area contributed by atoms with E-state index in [4.69, 9.17) is 11.6 Å². The molecule has 170 valence electrons. The van der Waals surface area contributed by atoms with Gasteiger partial charge in [0.1, 0.15) is 6.54 Å². The molecule has 0 aliphatic carbocycles. The first-order valence-electron chi connectivity index (χ1n) is 10.9. The van der Waals surface area contributed by atoms with Gasteiger partial charge in [-0.25, -0.2) is 9.78 Å². The number of thiazole rings is 1. The summed E-state index contributed by atoms with van der Waals surface area (Å²) in [6.45, 7) is 6.41. The second-order valence-electron chi connectivity index (χ2n) is 8.45. The summed E-state index contributed by atoms with van der Waals surface area (Å²) >= 11 is 7.40. The lowest BCUT2D eigenvalue weighted by Gasteiger charge is -2.12. The van der Waals surface area contributed by atoms with E-state index < -0.39 is 0 Å². The SMILES string of the molecule is Cc1ccc(-c2cccc(-c3c(O)[n+](Cc4cnc(Cl)s4)c4c(C)cccn4c3=O)c2)c(C)c1. The number of aromatic hydroxyl groups is 1. The van der Waals surface area contributed by atoms with E-state index in [-0.39, 0.29) is 17.0 Å². The summed E-state index contributed by atoms with van der Waals surface area (Å²) < 4.78 is 3.78. The first kappa shape index (κ1) is 22.3. The van der Waals surface area contributed by atoms with Crippen molar-refractivity contribution in [1.29, 1.82) is 0 Å². The standard InChI is InChI=1S/C27H22ClN3O2S/c1-16-9-10-22(18(3)12-16)19-7-4-8-20(13-19)23-25(32)30-11-5-6-17(2)24(30)31(26(23)33)15-21-14-29-27(28)34-21/h4-14H,15H2,1-3H3/p+1. The van der Waals surface area contributed by atoms with Crippen LogP contribution in [0.2, 0.25) is 4.47 Å². The van der Waals surface area contributed by atoms with E-state index in [1.165, 1.54) is 16.9 Å². The van der Waals surface area contributed by atoms with Crippen molar-refractivity contribution in [1.82, 2.24) is 9.38 Å². The van der Waals surface area contributed by atoms with Crippen LogP contribution < -0.4 is 10.1 Å². The second-order valence-corrected chi connectivity index (χ2v) is 10.2. The number of fused-ring (bicyclic) bond motifs is 1. The predicted octanol–water partition coefficient (Wildman–Crippen LogP) is 5.71. The van der Waals surface area contributed by atoms with Crippen LogP contribution in [0.15, 0.2) is 71.8 Å². The van der Waals surface area contributed by atoms with Crippen LogP contribution in [0.5, 0.6) is 5.88 Å². The maximum absolute atomic E-state index is 13.6. The molecule has 1 N–H and O–H groups in total. The molecule has 3 aromatic heterocycles. The van der Waals surface area contributed by atoms with Crippen LogP contribution in [0, 0.1) is 20.8 Å². The Balaban J connectivity index is 1.76. The molecule has 34 heavy (non-hydrogen) atoms. The lowest BCUT2D eigenvalue weighted by Crippen LogP contribution is -2.41. The maximum atomic E-state index is 13.6. The summed E-state index contributed by atoms with van der Waals surface area (Å²) in [7, 11) is 0. The van der Waals surface area contributed by atoms with Gasteiger partial charge in [-0.15, -0.1) is 11.3 Å². The largest absolute Gasteiger partial charge is 0.477 e. The molecule has 2 aromatic carbocycles. The number of halogens is 1. The van der Waals surface area contributed by atoms with Crippen molar-refractivity contribution < 1.29 is 9.67 Å². The van der Waals surface area contributed by atoms with E-state index in [0.717, 1.165) is 27.1 Å². The fraction of sp³-hybridized carbons (Fsp3) is 0.148. The molecule has 0 fully saturated rings. The highest BCUT2D eigenvalue weighted by molar-refractivity contribution is 7.15. The Morgan fingerprint density at radius 3 is 2.56 bits per heavy atom. The summed E-state index contributed by atoms with van der Waals surface area (Å²) in [6.07, 6.45) is 3.43. The Kier molecular flexibility index (Phi) is 5.71. The summed E-state index contributed by atoms with van der Waals surface area (Å²) in [5.74, 6) is -0.0819. The maximum Gasteiger partial charge on any atom is 0.354 e. The van der Waals surface area contributed by atoms with Gasteiger partial charge in [0.25, 0.3) is 11.5 Å². The molecule has 5 aromatic rings. The highest BCUT2D eigenvalue weighted by Gasteiger charge is 2.27. The smallest absolute Gasteiger partial charge is 0.354 e. The third kappa shape index (κ3) is 3.89. The molecule has 5 nitrogen and oxygen atoms in total. The van der Waals surface area contributed by atoms with Crippen molar-refractivity contribution >= 4 is 28.6 Å². The summed E-state index contributed by atoms with van der Waals surface area (Å²) in [5, 5.41) is 11.5. The van der Waals surface area contributed by atoms with Crippen LogP contribution in [-0.4, -0.2) is 14.5 Å². The van der Waals surface area contributed by atoms with Crippen molar-refractivity contribution in [3.05, 3.63) is 103 Å². The molecule has 0 saturated heterocycles. The minimum absolute atomic E-state index is 0.0819. The topological polar surface area (TPSA) is 58.5 Å². The van der Waals surface area contributed by atoms with Gasteiger partial charge in [0, 0.05) is 11.8 Å². The molecule has 0 spiro atoms. The molecule has 0 radical (unpaired) electrons. The summed E-state index contributed by atoms with van der Waals surface area (Å²) in [6, 6.07) is 17.8. The molecule has 5 rings (SSSR count). The van der Waals surface area contributed by atoms with Crippen LogP contribution in [0.3, 0.4) is 0 Å². The molecule has 0 bridgehead atoms. The van der Waals surface area contributed by atoms with Gasteiger partial charge in [0.05, 0.1) is 11.1 Å². The van der Waals surface area contributed by atoms with Crippen molar-refractivity contribution in [3.63, 3.8) is 0 Å². The predicted molar refractivity (Wildman–Crippen MR) is 137 cm³/mol. The van der Waals surface area contributed by atoms with Crippen molar-refractivity contribution in [2.45, 2.75) is 27.3 Å². The fourth-order valence-corrected chi connectivity index (χ4v) is 5.43. The first-order chi connectivity index (χ1) is 16.3. The van der Waals surface area contributed by atoms with Gasteiger partial charge in [-0.05, 0) is 61.2 Å². The first-order valence-corrected chi connectivity index (χ1v) is 12.1. The molecule has 0 unspecified atom stereocenters. The van der Waals surface area contributed by atoms with Crippen molar-refractivity contribution in [3.8, 4) is 28.1 Å². The molecule has 0 atom stereocenters. The molecular formula is C27H23ClN3O2S+. The number of aryl methyl sites for hydroxylation is 3. The Morgan fingerprint density at radius 1 is 1.03 bits per heavy atom. The van der Waals surface area contributed by atoms with Crippen LogP contribution in [-0.2, 0) is 6.54 Å². The second kappa shape index (κ2) is 8.70. The van der Waals surface area contributed by atoms with Gasteiger partial charge in [0.15, 0.2) is 10.0 Å². The lowest BCUT2D eigenvalue weighted by molar-refractivity contribution is -0.671. The van der Waals surface area contributed by atoms with Crippen molar-refractivity contribution in [2.75, 3.05) is 0 Å². The van der Waals surface area contributed by atoms with Crippen molar-refractivity contribution in [2.24, 2.45) is 0 Å². The molecule has 0 aliphatic rings. The monoisotopic (exact) mass is 488 g/mol. The van der Waals surface area contributed by atoms with Gasteiger partial charge in [-0.2, -0.15) is 8.97 Å². The van der Waals surface area contributed by atoms with E-state index in [2.05, 4.69) is 37.0 Å². The zero-order valence-electron chi connectivity index (χ0n) is 19.0. The van der Waals surface area contributed by atoms with Gasteiger partial charge < -0.3 is 5.11 Å². The van der Waals surface area contributed by atoms with E-state index in [0.29, 0.717) is 22.2 Å². The normalized spacial score (nSPS) is 11.3. The lowest BCUT2D eigenvalue weighted by atomic mass is 9.96. The van der Waals surface area contributed by atoms with E-state index in [1.807, 2.05) is 43.3 Å². The van der Waals surface area contributed by atoms with Gasteiger partial charge >= 0.3 is 5.56 Å². The Labute approximate surface area is 206 Å².